The molecule has 5 atom stereocenters. The molecule has 2 saturated heterocycles. The molecular weight excluding hydrogens is 556 g/mol. The Hall–Kier alpha value is -3.71. The summed E-state index contributed by atoms with van der Waals surface area (Å²) in [5.74, 6) is -2.02. The van der Waals surface area contributed by atoms with Crippen molar-refractivity contribution in [3.05, 3.63) is 88.5 Å². The maximum absolute atomic E-state index is 13.4. The number of aromatic hydroxyl groups is 2. The van der Waals surface area contributed by atoms with Crippen molar-refractivity contribution in [2.24, 2.45) is 0 Å². The Kier molecular flexibility index (Phi) is 8.27. The molecule has 3 aromatic rings. The van der Waals surface area contributed by atoms with Gasteiger partial charge in [-0.1, -0.05) is 60.7 Å². The summed E-state index contributed by atoms with van der Waals surface area (Å²) in [6, 6.07) is 20.7. The second kappa shape index (κ2) is 12.1. The number of aliphatic hydroxyl groups excluding tert-OH is 3. The molecule has 3 aliphatic rings. The van der Waals surface area contributed by atoms with Gasteiger partial charge in [-0.3, -0.25) is 9.80 Å². The van der Waals surface area contributed by atoms with E-state index in [4.69, 9.17) is 14.2 Å². The maximum atomic E-state index is 13.4. The molecule has 43 heavy (non-hydrogen) atoms. The van der Waals surface area contributed by atoms with E-state index < -0.39 is 54.6 Å². The van der Waals surface area contributed by atoms with Gasteiger partial charge in [0.25, 0.3) is 0 Å². The molecule has 228 valence electrons. The van der Waals surface area contributed by atoms with E-state index in [-0.39, 0.29) is 35.0 Å². The van der Waals surface area contributed by atoms with Gasteiger partial charge in [0.2, 0.25) is 5.75 Å². The summed E-state index contributed by atoms with van der Waals surface area (Å²) in [5.41, 5.74) is 2.49. The molecule has 0 amide bonds. The number of hydrogen-bond acceptors (Lipinski definition) is 11. The Labute approximate surface area is 249 Å². The lowest BCUT2D eigenvalue weighted by Gasteiger charge is -2.45. The highest BCUT2D eigenvalue weighted by Crippen LogP contribution is 2.52. The number of piperazine rings is 1. The van der Waals surface area contributed by atoms with E-state index in [2.05, 4.69) is 34.1 Å². The van der Waals surface area contributed by atoms with Gasteiger partial charge in [0, 0.05) is 43.9 Å². The first-order valence-corrected chi connectivity index (χ1v) is 14.4. The number of phenolic OH excluding ortho intramolecular Hbond substituents is 2. The molecule has 0 bridgehead atoms. The topological polar surface area (TPSA) is 152 Å². The molecule has 3 aromatic carbocycles. The van der Waals surface area contributed by atoms with Crippen LogP contribution >= 0.6 is 0 Å². The predicted molar refractivity (Wildman–Crippen MR) is 154 cm³/mol. The van der Waals surface area contributed by atoms with Crippen LogP contribution in [-0.2, 0) is 16.0 Å². The van der Waals surface area contributed by atoms with E-state index in [0.29, 0.717) is 26.2 Å². The van der Waals surface area contributed by atoms with Crippen LogP contribution in [0.2, 0.25) is 0 Å². The minimum Gasteiger partial charge on any atom is -0.504 e. The number of aliphatic hydroxyl groups is 3. The van der Waals surface area contributed by atoms with Crippen LogP contribution in [0.4, 0.5) is 0 Å². The standard InChI is InChI=1S/C32H36N2O9/c1-41-30-25(36)20(22-23(27(30)38)29-31(43-32(22)40)28(39)26(37)21(17-35)42-29)16-33-12-14-34(15-13-33)24(18-8-4-2-5-9-18)19-10-6-3-7-11-19/h2-11,21,24,26,28-29,31,35-39H,12-17H2,1H3/t21-,26-,28+,29+,31-/m1/s1. The molecule has 0 aliphatic carbocycles. The fraction of sp³-hybridized carbons (Fsp3) is 0.406. The van der Waals surface area contributed by atoms with Crippen LogP contribution in [0.1, 0.15) is 44.8 Å². The van der Waals surface area contributed by atoms with Crippen molar-refractivity contribution in [3.63, 3.8) is 0 Å². The van der Waals surface area contributed by atoms with Crippen LogP contribution < -0.4 is 4.74 Å². The van der Waals surface area contributed by atoms with E-state index in [1.807, 2.05) is 36.4 Å². The molecule has 0 spiro atoms. The van der Waals surface area contributed by atoms with Crippen molar-refractivity contribution >= 4 is 5.97 Å². The molecule has 5 N–H and O–H groups in total. The molecule has 0 saturated carbocycles. The molecule has 3 heterocycles. The molecule has 6 rings (SSSR count). The zero-order chi connectivity index (χ0) is 30.2. The smallest absolute Gasteiger partial charge is 0.339 e. The molecule has 2 fully saturated rings. The van der Waals surface area contributed by atoms with Crippen LogP contribution in [0, 0.1) is 0 Å². The molecule has 3 aliphatic heterocycles. The quantitative estimate of drug-likeness (QED) is 0.255. The number of carbonyl (C=O) groups excluding carboxylic acids is 1. The Morgan fingerprint density at radius 2 is 1.51 bits per heavy atom. The highest BCUT2D eigenvalue weighted by molar-refractivity contribution is 5.97. The van der Waals surface area contributed by atoms with Gasteiger partial charge in [-0.25, -0.2) is 4.79 Å². The van der Waals surface area contributed by atoms with E-state index >= 15 is 0 Å². The summed E-state index contributed by atoms with van der Waals surface area (Å²) in [6.07, 6.45) is -6.79. The Bertz CT molecular complexity index is 1410. The van der Waals surface area contributed by atoms with Crippen molar-refractivity contribution in [1.82, 2.24) is 9.80 Å². The number of methoxy groups -OCH3 is 1. The first kappa shape index (κ1) is 29.4. The highest BCUT2D eigenvalue weighted by Gasteiger charge is 2.53. The van der Waals surface area contributed by atoms with Gasteiger partial charge in [-0.2, -0.15) is 0 Å². The van der Waals surface area contributed by atoms with Gasteiger partial charge >= 0.3 is 5.97 Å². The third-order valence-corrected chi connectivity index (χ3v) is 8.73. The van der Waals surface area contributed by atoms with E-state index in [9.17, 15) is 30.3 Å². The number of carbonyl (C=O) groups is 1. The van der Waals surface area contributed by atoms with Crippen molar-refractivity contribution in [1.29, 1.82) is 0 Å². The number of benzene rings is 3. The van der Waals surface area contributed by atoms with Crippen molar-refractivity contribution in [2.45, 2.75) is 43.1 Å². The van der Waals surface area contributed by atoms with Gasteiger partial charge in [0.05, 0.1) is 25.3 Å². The molecule has 0 aromatic heterocycles. The van der Waals surface area contributed by atoms with Crippen LogP contribution in [0.5, 0.6) is 17.2 Å². The highest BCUT2D eigenvalue weighted by atomic mass is 16.6. The van der Waals surface area contributed by atoms with Crippen molar-refractivity contribution in [3.8, 4) is 17.2 Å². The predicted octanol–water partition coefficient (Wildman–Crippen LogP) is 1.71. The average molecular weight is 593 g/mol. The summed E-state index contributed by atoms with van der Waals surface area (Å²) >= 11 is 0. The van der Waals surface area contributed by atoms with E-state index in [0.717, 1.165) is 0 Å². The molecule has 0 radical (unpaired) electrons. The van der Waals surface area contributed by atoms with Crippen LogP contribution in [-0.4, -0.2) is 106 Å². The van der Waals surface area contributed by atoms with Crippen LogP contribution in [0.25, 0.3) is 0 Å². The monoisotopic (exact) mass is 592 g/mol. The number of esters is 1. The molecule has 11 nitrogen and oxygen atoms in total. The largest absolute Gasteiger partial charge is 0.504 e. The lowest BCUT2D eigenvalue weighted by atomic mass is 9.84. The number of fused-ring (bicyclic) bond motifs is 3. The van der Waals surface area contributed by atoms with Crippen molar-refractivity contribution in [2.75, 3.05) is 39.9 Å². The summed E-state index contributed by atoms with van der Waals surface area (Å²) in [5, 5.41) is 53.0. The SMILES string of the molecule is COc1c(O)c(CN2CCN(C(c3ccccc3)c3ccccc3)CC2)c2c(c1O)[C@@H]1O[C@H](CO)[C@@H](O)[C@H](O)[C@H]1OC2=O. The number of ether oxygens (including phenoxy) is 3. The number of phenols is 2. The normalized spacial score (nSPS) is 26.1. The Balaban J connectivity index is 1.29. The van der Waals surface area contributed by atoms with Gasteiger partial charge in [0.1, 0.15) is 24.4 Å². The van der Waals surface area contributed by atoms with E-state index in [1.54, 1.807) is 0 Å². The Morgan fingerprint density at radius 3 is 2.07 bits per heavy atom. The van der Waals surface area contributed by atoms with Gasteiger partial charge in [-0.15, -0.1) is 0 Å². The second-order valence-corrected chi connectivity index (χ2v) is 11.2. The maximum Gasteiger partial charge on any atom is 0.339 e. The molecule has 0 unspecified atom stereocenters. The average Bonchev–Trinajstić information content (AvgIpc) is 3.03. The molecule has 11 heteroatoms. The van der Waals surface area contributed by atoms with Crippen LogP contribution in [0.15, 0.2) is 60.7 Å². The fourth-order valence-corrected chi connectivity index (χ4v) is 6.55. The second-order valence-electron chi connectivity index (χ2n) is 11.2. The summed E-state index contributed by atoms with van der Waals surface area (Å²) < 4.78 is 16.7. The zero-order valence-electron chi connectivity index (χ0n) is 23.7. The number of nitrogens with zero attached hydrogens (tertiary/aromatic N) is 2. The fourth-order valence-electron chi connectivity index (χ4n) is 6.55. The van der Waals surface area contributed by atoms with Crippen LogP contribution in [0.3, 0.4) is 0 Å². The lowest BCUT2D eigenvalue weighted by molar-refractivity contribution is -0.235. The summed E-state index contributed by atoms with van der Waals surface area (Å²) in [4.78, 5) is 17.9. The lowest BCUT2D eigenvalue weighted by Crippen LogP contribution is -2.58. The minimum absolute atomic E-state index is 0.0119. The van der Waals surface area contributed by atoms with Crippen molar-refractivity contribution < 1.29 is 44.5 Å². The first-order chi connectivity index (χ1) is 20.8. The first-order valence-electron chi connectivity index (χ1n) is 14.4. The summed E-state index contributed by atoms with van der Waals surface area (Å²) in [7, 11) is 1.28. The number of rotatable bonds is 7. The minimum atomic E-state index is -1.56. The third-order valence-electron chi connectivity index (χ3n) is 8.73. The number of hydrogen-bond donors (Lipinski definition) is 5. The van der Waals surface area contributed by atoms with Gasteiger partial charge in [-0.05, 0) is 11.1 Å². The summed E-state index contributed by atoms with van der Waals surface area (Å²) in [6.45, 7) is 2.23. The van der Waals surface area contributed by atoms with Gasteiger partial charge in [0.15, 0.2) is 17.6 Å². The Morgan fingerprint density at radius 1 is 0.907 bits per heavy atom. The van der Waals surface area contributed by atoms with Gasteiger partial charge < -0.3 is 39.7 Å². The third kappa shape index (κ3) is 5.22. The zero-order valence-corrected chi connectivity index (χ0v) is 23.7. The van der Waals surface area contributed by atoms with E-state index in [1.165, 1.54) is 18.2 Å². The molecular formula is C32H36N2O9.